The normalized spacial score (nSPS) is 10.8. The number of aryl methyl sites for hydroxylation is 1. The lowest BCUT2D eigenvalue weighted by molar-refractivity contribution is -0.159. The summed E-state index contributed by atoms with van der Waals surface area (Å²) >= 11 is 1.13. The summed E-state index contributed by atoms with van der Waals surface area (Å²) in [6, 6.07) is 7.38. The SMILES string of the molecule is COC(=O)C(CCn1c(=O)sc2ccccc21)C(=O)OC. The Balaban J connectivity index is 2.23. The predicted molar refractivity (Wildman–Crippen MR) is 78.2 cm³/mol. The average Bonchev–Trinajstić information content (AvgIpc) is 2.82. The summed E-state index contributed by atoms with van der Waals surface area (Å²) in [5.41, 5.74) is 0.793. The fourth-order valence-electron chi connectivity index (χ4n) is 2.10. The molecule has 0 spiro atoms. The maximum absolute atomic E-state index is 12.0. The summed E-state index contributed by atoms with van der Waals surface area (Å²) in [4.78, 5) is 35.1. The molecular weight excluding hydrogens is 294 g/mol. The highest BCUT2D eigenvalue weighted by molar-refractivity contribution is 7.16. The van der Waals surface area contributed by atoms with Crippen molar-refractivity contribution < 1.29 is 19.1 Å². The van der Waals surface area contributed by atoms with Crippen LogP contribution in [0.4, 0.5) is 0 Å². The van der Waals surface area contributed by atoms with Gasteiger partial charge in [-0.2, -0.15) is 0 Å². The molecule has 0 fully saturated rings. The summed E-state index contributed by atoms with van der Waals surface area (Å²) < 4.78 is 11.6. The number of carbonyl (C=O) groups excluding carboxylic acids is 2. The first-order chi connectivity index (χ1) is 10.1. The molecule has 0 saturated carbocycles. The summed E-state index contributed by atoms with van der Waals surface area (Å²) in [5, 5.41) is 0. The number of esters is 2. The second-order valence-electron chi connectivity index (χ2n) is 4.37. The minimum atomic E-state index is -1.02. The third-order valence-electron chi connectivity index (χ3n) is 3.19. The third kappa shape index (κ3) is 3.13. The van der Waals surface area contributed by atoms with Crippen molar-refractivity contribution in [2.24, 2.45) is 5.92 Å². The Morgan fingerprint density at radius 1 is 1.19 bits per heavy atom. The van der Waals surface area contributed by atoms with E-state index in [-0.39, 0.29) is 17.8 Å². The van der Waals surface area contributed by atoms with Gasteiger partial charge in [0.15, 0.2) is 5.92 Å². The van der Waals surface area contributed by atoms with Gasteiger partial charge in [-0.05, 0) is 18.6 Å². The number of thiazole rings is 1. The van der Waals surface area contributed by atoms with Crippen LogP contribution < -0.4 is 4.87 Å². The molecule has 0 radical (unpaired) electrons. The van der Waals surface area contributed by atoms with Crippen LogP contribution in [0.5, 0.6) is 0 Å². The van der Waals surface area contributed by atoms with Gasteiger partial charge < -0.3 is 9.47 Å². The largest absolute Gasteiger partial charge is 0.468 e. The molecule has 2 aromatic rings. The highest BCUT2D eigenvalue weighted by atomic mass is 32.1. The number of methoxy groups -OCH3 is 2. The Bertz CT molecular complexity index is 701. The summed E-state index contributed by atoms with van der Waals surface area (Å²) in [6.45, 7) is 0.248. The van der Waals surface area contributed by atoms with E-state index < -0.39 is 17.9 Å². The fraction of sp³-hybridized carbons (Fsp3) is 0.357. The zero-order chi connectivity index (χ0) is 15.4. The molecule has 0 unspecified atom stereocenters. The molecule has 7 heteroatoms. The second-order valence-corrected chi connectivity index (χ2v) is 5.37. The van der Waals surface area contributed by atoms with Gasteiger partial charge in [-0.1, -0.05) is 23.5 Å². The van der Waals surface area contributed by atoms with E-state index in [0.717, 1.165) is 21.6 Å². The number of rotatable bonds is 5. The number of benzene rings is 1. The third-order valence-corrected chi connectivity index (χ3v) is 4.15. The number of ether oxygens (including phenoxy) is 2. The van der Waals surface area contributed by atoms with Crippen LogP contribution in [-0.4, -0.2) is 30.7 Å². The predicted octanol–water partition coefficient (Wildman–Crippen LogP) is 1.42. The van der Waals surface area contributed by atoms with Crippen LogP contribution in [-0.2, 0) is 25.6 Å². The second kappa shape index (κ2) is 6.53. The van der Waals surface area contributed by atoms with Crippen molar-refractivity contribution in [1.29, 1.82) is 0 Å². The molecule has 1 heterocycles. The maximum atomic E-state index is 12.0. The topological polar surface area (TPSA) is 74.6 Å². The van der Waals surface area contributed by atoms with E-state index in [1.165, 1.54) is 14.2 Å². The highest BCUT2D eigenvalue weighted by Crippen LogP contribution is 2.18. The van der Waals surface area contributed by atoms with Gasteiger partial charge in [0, 0.05) is 6.54 Å². The van der Waals surface area contributed by atoms with Crippen LogP contribution in [0, 0.1) is 5.92 Å². The Hall–Kier alpha value is -2.15. The monoisotopic (exact) mass is 309 g/mol. The average molecular weight is 309 g/mol. The van der Waals surface area contributed by atoms with E-state index in [9.17, 15) is 14.4 Å². The van der Waals surface area contributed by atoms with Crippen LogP contribution in [0.25, 0.3) is 10.2 Å². The van der Waals surface area contributed by atoms with Gasteiger partial charge in [0.2, 0.25) is 0 Å². The van der Waals surface area contributed by atoms with Crippen molar-refractivity contribution in [2.75, 3.05) is 14.2 Å². The maximum Gasteiger partial charge on any atom is 0.320 e. The van der Waals surface area contributed by atoms with Crippen molar-refractivity contribution in [3.05, 3.63) is 33.9 Å². The van der Waals surface area contributed by atoms with Crippen LogP contribution >= 0.6 is 11.3 Å². The summed E-state index contributed by atoms with van der Waals surface area (Å²) in [5.74, 6) is -2.34. The molecular formula is C14H15NO5S. The smallest absolute Gasteiger partial charge is 0.320 e. The van der Waals surface area contributed by atoms with Crippen molar-refractivity contribution in [3.63, 3.8) is 0 Å². The molecule has 1 aromatic heterocycles. The highest BCUT2D eigenvalue weighted by Gasteiger charge is 2.28. The molecule has 6 nitrogen and oxygen atoms in total. The molecule has 2 rings (SSSR count). The van der Waals surface area contributed by atoms with Crippen LogP contribution in [0.3, 0.4) is 0 Å². The van der Waals surface area contributed by atoms with E-state index in [0.29, 0.717) is 0 Å². The van der Waals surface area contributed by atoms with Gasteiger partial charge >= 0.3 is 16.8 Å². The van der Waals surface area contributed by atoms with E-state index in [1.807, 2.05) is 24.3 Å². The Morgan fingerprint density at radius 3 is 2.43 bits per heavy atom. The molecule has 112 valence electrons. The van der Waals surface area contributed by atoms with Crippen LogP contribution in [0.15, 0.2) is 29.1 Å². The molecule has 0 aliphatic carbocycles. The standard InChI is InChI=1S/C14H15NO5S/c1-19-12(16)9(13(17)20-2)7-8-15-10-5-3-4-6-11(10)21-14(15)18/h3-6,9H,7-8H2,1-2H3. The Kier molecular flexibility index (Phi) is 4.74. The quantitative estimate of drug-likeness (QED) is 0.617. The molecule has 0 amide bonds. The first kappa shape index (κ1) is 15.2. The number of hydrogen-bond acceptors (Lipinski definition) is 6. The van der Waals surface area contributed by atoms with E-state index in [1.54, 1.807) is 4.57 Å². The molecule has 0 atom stereocenters. The lowest BCUT2D eigenvalue weighted by Crippen LogP contribution is -2.28. The number of nitrogens with zero attached hydrogens (tertiary/aromatic N) is 1. The minimum absolute atomic E-state index is 0.121. The number of para-hydroxylation sites is 1. The van der Waals surface area contributed by atoms with Crippen molar-refractivity contribution in [1.82, 2.24) is 4.57 Å². The number of hydrogen-bond donors (Lipinski definition) is 0. The van der Waals surface area contributed by atoms with Gasteiger partial charge in [0.25, 0.3) is 0 Å². The van der Waals surface area contributed by atoms with Gasteiger partial charge in [0.1, 0.15) is 0 Å². The number of carbonyl (C=O) groups is 2. The Morgan fingerprint density at radius 2 is 1.81 bits per heavy atom. The minimum Gasteiger partial charge on any atom is -0.468 e. The van der Waals surface area contributed by atoms with Crippen molar-refractivity contribution in [3.8, 4) is 0 Å². The molecule has 0 N–H and O–H groups in total. The van der Waals surface area contributed by atoms with Crippen LogP contribution in [0.1, 0.15) is 6.42 Å². The zero-order valence-corrected chi connectivity index (χ0v) is 12.5. The first-order valence-electron chi connectivity index (χ1n) is 6.32. The van der Waals surface area contributed by atoms with Crippen molar-refractivity contribution >= 4 is 33.5 Å². The lowest BCUT2D eigenvalue weighted by atomic mass is 10.1. The molecule has 0 aliphatic heterocycles. The number of aromatic nitrogens is 1. The molecule has 0 bridgehead atoms. The summed E-state index contributed by atoms with van der Waals surface area (Å²) in [7, 11) is 2.43. The summed E-state index contributed by atoms with van der Waals surface area (Å²) in [6.07, 6.45) is 0.153. The molecule has 1 aromatic carbocycles. The molecule has 0 saturated heterocycles. The molecule has 21 heavy (non-hydrogen) atoms. The van der Waals surface area contributed by atoms with Crippen LogP contribution in [0.2, 0.25) is 0 Å². The van der Waals surface area contributed by atoms with E-state index in [2.05, 4.69) is 9.47 Å². The van der Waals surface area contributed by atoms with Gasteiger partial charge in [-0.3, -0.25) is 19.0 Å². The first-order valence-corrected chi connectivity index (χ1v) is 7.14. The van der Waals surface area contributed by atoms with Gasteiger partial charge in [-0.25, -0.2) is 0 Å². The van der Waals surface area contributed by atoms with Gasteiger partial charge in [0.05, 0.1) is 24.4 Å². The van der Waals surface area contributed by atoms with Gasteiger partial charge in [-0.15, -0.1) is 0 Å². The fourth-order valence-corrected chi connectivity index (χ4v) is 3.02. The van der Waals surface area contributed by atoms with Crippen molar-refractivity contribution in [2.45, 2.75) is 13.0 Å². The van der Waals surface area contributed by atoms with E-state index in [4.69, 9.17) is 0 Å². The molecule has 0 aliphatic rings. The lowest BCUT2D eigenvalue weighted by Gasteiger charge is -2.12. The van der Waals surface area contributed by atoms with E-state index >= 15 is 0 Å². The zero-order valence-electron chi connectivity index (χ0n) is 11.7. The Labute approximate surface area is 124 Å². The number of fused-ring (bicyclic) bond motifs is 1.